The zero-order chi connectivity index (χ0) is 13.1. The maximum atomic E-state index is 11.7. The summed E-state index contributed by atoms with van der Waals surface area (Å²) in [5.41, 5.74) is -0.361. The van der Waals surface area contributed by atoms with Crippen LogP contribution in [0.1, 0.15) is 13.8 Å². The van der Waals surface area contributed by atoms with Gasteiger partial charge in [-0.25, -0.2) is 9.78 Å². The van der Waals surface area contributed by atoms with E-state index >= 15 is 0 Å². The van der Waals surface area contributed by atoms with Gasteiger partial charge in [-0.2, -0.15) is 0 Å². The standard InChI is InChI=1S/C11H16ClN3O2/c1-11(2,17)7-15(3)10(16)14-8-4-5-13-9(12)6-8/h4-6,17H,7H2,1-3H3,(H,13,14,16). The Morgan fingerprint density at radius 1 is 1.65 bits per heavy atom. The molecule has 0 saturated carbocycles. The van der Waals surface area contributed by atoms with E-state index in [1.807, 2.05) is 0 Å². The molecule has 0 saturated heterocycles. The van der Waals surface area contributed by atoms with Crippen molar-refractivity contribution in [3.8, 4) is 0 Å². The Kier molecular flexibility index (Phi) is 4.31. The van der Waals surface area contributed by atoms with E-state index in [1.165, 1.54) is 11.1 Å². The van der Waals surface area contributed by atoms with Crippen LogP contribution in [0.4, 0.5) is 10.5 Å². The molecule has 2 amide bonds. The van der Waals surface area contributed by atoms with Crippen LogP contribution >= 0.6 is 11.6 Å². The molecular weight excluding hydrogens is 242 g/mol. The lowest BCUT2D eigenvalue weighted by Gasteiger charge is -2.25. The summed E-state index contributed by atoms with van der Waals surface area (Å²) in [7, 11) is 1.61. The lowest BCUT2D eigenvalue weighted by Crippen LogP contribution is -2.41. The number of pyridine rings is 1. The van der Waals surface area contributed by atoms with Gasteiger partial charge in [-0.3, -0.25) is 0 Å². The second-order valence-electron chi connectivity index (χ2n) is 4.47. The van der Waals surface area contributed by atoms with Crippen LogP contribution in [0.2, 0.25) is 5.15 Å². The molecule has 17 heavy (non-hydrogen) atoms. The number of rotatable bonds is 3. The average molecular weight is 258 g/mol. The maximum absolute atomic E-state index is 11.7. The first-order chi connectivity index (χ1) is 7.78. The third-order valence-electron chi connectivity index (χ3n) is 1.95. The third-order valence-corrected chi connectivity index (χ3v) is 2.16. The highest BCUT2D eigenvalue weighted by molar-refractivity contribution is 6.29. The van der Waals surface area contributed by atoms with Gasteiger partial charge in [0.15, 0.2) is 0 Å². The summed E-state index contributed by atoms with van der Waals surface area (Å²) in [6.45, 7) is 3.51. The van der Waals surface area contributed by atoms with Crippen LogP contribution in [-0.2, 0) is 0 Å². The Labute approximate surface area is 105 Å². The van der Waals surface area contributed by atoms with Gasteiger partial charge in [-0.15, -0.1) is 0 Å². The van der Waals surface area contributed by atoms with Crippen molar-refractivity contribution in [3.63, 3.8) is 0 Å². The molecule has 94 valence electrons. The number of carbonyl (C=O) groups excluding carboxylic acids is 1. The SMILES string of the molecule is CN(CC(C)(C)O)C(=O)Nc1ccnc(Cl)c1. The monoisotopic (exact) mass is 257 g/mol. The minimum atomic E-state index is -0.929. The second-order valence-corrected chi connectivity index (χ2v) is 4.85. The van der Waals surface area contributed by atoms with Gasteiger partial charge >= 0.3 is 6.03 Å². The predicted molar refractivity (Wildman–Crippen MR) is 67.2 cm³/mol. The van der Waals surface area contributed by atoms with Crippen molar-refractivity contribution >= 4 is 23.3 Å². The number of urea groups is 1. The van der Waals surface area contributed by atoms with Crippen molar-refractivity contribution in [2.75, 3.05) is 18.9 Å². The molecule has 1 heterocycles. The zero-order valence-corrected chi connectivity index (χ0v) is 10.8. The largest absolute Gasteiger partial charge is 0.389 e. The number of nitrogens with zero attached hydrogens (tertiary/aromatic N) is 2. The van der Waals surface area contributed by atoms with E-state index < -0.39 is 5.60 Å². The molecule has 2 N–H and O–H groups in total. The predicted octanol–water partition coefficient (Wildman–Crippen LogP) is 1.97. The van der Waals surface area contributed by atoms with Crippen molar-refractivity contribution in [1.82, 2.24) is 9.88 Å². The Morgan fingerprint density at radius 3 is 2.82 bits per heavy atom. The van der Waals surface area contributed by atoms with Gasteiger partial charge in [0.05, 0.1) is 12.1 Å². The van der Waals surface area contributed by atoms with E-state index in [-0.39, 0.29) is 12.6 Å². The summed E-state index contributed by atoms with van der Waals surface area (Å²) in [6, 6.07) is 2.88. The zero-order valence-electron chi connectivity index (χ0n) is 10.1. The van der Waals surface area contributed by atoms with Gasteiger partial charge < -0.3 is 15.3 Å². The summed E-state index contributed by atoms with van der Waals surface area (Å²) < 4.78 is 0. The normalized spacial score (nSPS) is 11.1. The first-order valence-electron chi connectivity index (χ1n) is 5.14. The number of aromatic nitrogens is 1. The highest BCUT2D eigenvalue weighted by atomic mass is 35.5. The van der Waals surface area contributed by atoms with Crippen molar-refractivity contribution in [2.45, 2.75) is 19.4 Å². The van der Waals surface area contributed by atoms with Gasteiger partial charge in [-0.1, -0.05) is 11.6 Å². The Balaban J connectivity index is 2.60. The first-order valence-corrected chi connectivity index (χ1v) is 5.52. The average Bonchev–Trinajstić information content (AvgIpc) is 2.14. The highest BCUT2D eigenvalue weighted by Gasteiger charge is 2.19. The van der Waals surface area contributed by atoms with Crippen molar-refractivity contribution in [3.05, 3.63) is 23.5 Å². The fourth-order valence-corrected chi connectivity index (χ4v) is 1.53. The number of hydrogen-bond donors (Lipinski definition) is 2. The van der Waals surface area contributed by atoms with Crippen molar-refractivity contribution < 1.29 is 9.90 Å². The smallest absolute Gasteiger partial charge is 0.321 e. The van der Waals surface area contributed by atoms with Crippen LogP contribution in [0, 0.1) is 0 Å². The van der Waals surface area contributed by atoms with Gasteiger partial charge in [0.2, 0.25) is 0 Å². The van der Waals surface area contributed by atoms with Gasteiger partial charge in [0, 0.05) is 18.9 Å². The number of nitrogens with one attached hydrogen (secondary N) is 1. The summed E-state index contributed by atoms with van der Waals surface area (Å²) in [5, 5.41) is 12.6. The summed E-state index contributed by atoms with van der Waals surface area (Å²) in [5.74, 6) is 0. The molecule has 1 rings (SSSR count). The second kappa shape index (κ2) is 5.33. The maximum Gasteiger partial charge on any atom is 0.321 e. The molecule has 0 aliphatic rings. The molecule has 0 unspecified atom stereocenters. The Morgan fingerprint density at radius 2 is 2.29 bits per heavy atom. The lowest BCUT2D eigenvalue weighted by molar-refractivity contribution is 0.0550. The summed E-state index contributed by atoms with van der Waals surface area (Å²) in [6.07, 6.45) is 1.51. The number of likely N-dealkylation sites (N-methyl/N-ethyl adjacent to an activating group) is 1. The van der Waals surface area contributed by atoms with E-state index in [2.05, 4.69) is 10.3 Å². The fourth-order valence-electron chi connectivity index (χ4n) is 1.35. The van der Waals surface area contributed by atoms with Crippen LogP contribution in [0.3, 0.4) is 0 Å². The molecule has 0 spiro atoms. The number of carbonyl (C=O) groups is 1. The summed E-state index contributed by atoms with van der Waals surface area (Å²) in [4.78, 5) is 17.0. The molecule has 0 bridgehead atoms. The van der Waals surface area contributed by atoms with E-state index in [4.69, 9.17) is 11.6 Å². The lowest BCUT2D eigenvalue weighted by atomic mass is 10.1. The fraction of sp³-hybridized carbons (Fsp3) is 0.455. The van der Waals surface area contributed by atoms with Gasteiger partial charge in [0.1, 0.15) is 5.15 Å². The number of anilines is 1. The topological polar surface area (TPSA) is 65.5 Å². The molecule has 0 radical (unpaired) electrons. The number of aliphatic hydroxyl groups is 1. The van der Waals surface area contributed by atoms with Crippen LogP contribution in [0.15, 0.2) is 18.3 Å². The Bertz CT molecular complexity index is 404. The molecule has 0 aromatic carbocycles. The molecule has 0 aliphatic heterocycles. The van der Waals surface area contributed by atoms with Crippen LogP contribution < -0.4 is 5.32 Å². The minimum Gasteiger partial charge on any atom is -0.389 e. The molecule has 1 aromatic rings. The molecule has 0 aliphatic carbocycles. The van der Waals surface area contributed by atoms with Crippen molar-refractivity contribution in [2.24, 2.45) is 0 Å². The van der Waals surface area contributed by atoms with Gasteiger partial charge in [-0.05, 0) is 26.0 Å². The first kappa shape index (κ1) is 13.7. The van der Waals surface area contributed by atoms with E-state index in [0.29, 0.717) is 10.8 Å². The molecule has 5 nitrogen and oxygen atoms in total. The minimum absolute atomic E-state index is 0.234. The van der Waals surface area contributed by atoms with Crippen LogP contribution in [0.5, 0.6) is 0 Å². The third kappa shape index (κ3) is 5.01. The van der Waals surface area contributed by atoms with Gasteiger partial charge in [0.25, 0.3) is 0 Å². The Hall–Kier alpha value is -1.33. The van der Waals surface area contributed by atoms with Crippen LogP contribution in [0.25, 0.3) is 0 Å². The van der Waals surface area contributed by atoms with E-state index in [1.54, 1.807) is 33.0 Å². The van der Waals surface area contributed by atoms with Crippen molar-refractivity contribution in [1.29, 1.82) is 0 Å². The quantitative estimate of drug-likeness (QED) is 0.814. The molecular formula is C11H16ClN3O2. The highest BCUT2D eigenvalue weighted by Crippen LogP contribution is 2.13. The van der Waals surface area contributed by atoms with E-state index in [0.717, 1.165) is 0 Å². The number of hydrogen-bond acceptors (Lipinski definition) is 3. The van der Waals surface area contributed by atoms with Crippen LogP contribution in [-0.4, -0.2) is 40.2 Å². The molecule has 6 heteroatoms. The number of halogens is 1. The molecule has 0 atom stereocenters. The number of amides is 2. The molecule has 0 fully saturated rings. The summed E-state index contributed by atoms with van der Waals surface area (Å²) >= 11 is 5.70. The molecule has 1 aromatic heterocycles. The van der Waals surface area contributed by atoms with E-state index in [9.17, 15) is 9.90 Å².